The molecule has 0 bridgehead atoms. The highest BCUT2D eigenvalue weighted by atomic mass is 32.2. The van der Waals surface area contributed by atoms with Gasteiger partial charge >= 0.3 is 0 Å². The summed E-state index contributed by atoms with van der Waals surface area (Å²) in [7, 11) is -3.48. The fraction of sp³-hybridized carbons (Fsp3) is 0.714. The van der Waals surface area contributed by atoms with Crippen LogP contribution in [-0.4, -0.2) is 21.0 Å². The van der Waals surface area contributed by atoms with Crippen LogP contribution < -0.4 is 10.0 Å². The van der Waals surface area contributed by atoms with Gasteiger partial charge in [0.15, 0.2) is 0 Å². The number of hydrogen-bond donors (Lipinski definition) is 2. The van der Waals surface area contributed by atoms with Gasteiger partial charge in [0, 0.05) is 12.1 Å². The van der Waals surface area contributed by atoms with Crippen LogP contribution in [0.4, 0.5) is 0 Å². The number of nitrogens with one attached hydrogen (secondary N) is 2. The summed E-state index contributed by atoms with van der Waals surface area (Å²) in [5.74, 6) is 1.80. The lowest BCUT2D eigenvalue weighted by Crippen LogP contribution is -2.33. The molecule has 1 aromatic rings. The third kappa shape index (κ3) is 4.07. The Balaban J connectivity index is 2.05. The molecule has 1 aliphatic rings. The maximum atomic E-state index is 12.4. The number of rotatable bonds is 8. The van der Waals surface area contributed by atoms with Crippen molar-refractivity contribution in [3.63, 3.8) is 0 Å². The van der Waals surface area contributed by atoms with E-state index in [2.05, 4.69) is 10.0 Å². The molecule has 114 valence electrons. The van der Waals surface area contributed by atoms with Gasteiger partial charge in [0.25, 0.3) is 0 Å². The summed E-state index contributed by atoms with van der Waals surface area (Å²) in [5, 5.41) is 3.12. The fourth-order valence-corrected chi connectivity index (χ4v) is 3.82. The quantitative estimate of drug-likeness (QED) is 0.772. The van der Waals surface area contributed by atoms with Crippen LogP contribution in [0.5, 0.6) is 0 Å². The third-order valence-electron chi connectivity index (χ3n) is 3.50. The van der Waals surface area contributed by atoms with E-state index in [1.165, 1.54) is 12.8 Å². The van der Waals surface area contributed by atoms with Gasteiger partial charge in [-0.3, -0.25) is 0 Å². The Kier molecular flexibility index (Phi) is 4.88. The van der Waals surface area contributed by atoms with Crippen molar-refractivity contribution < 1.29 is 12.8 Å². The molecule has 1 unspecified atom stereocenters. The number of hydrogen-bond acceptors (Lipinski definition) is 4. The molecule has 0 aliphatic heterocycles. The minimum Gasteiger partial charge on any atom is -0.464 e. The van der Waals surface area contributed by atoms with E-state index in [9.17, 15) is 8.42 Å². The molecule has 0 spiro atoms. The Bertz CT molecular complexity index is 547. The molecule has 0 aromatic carbocycles. The zero-order valence-electron chi connectivity index (χ0n) is 12.4. The molecule has 0 amide bonds. The summed E-state index contributed by atoms with van der Waals surface area (Å²) in [6, 6.07) is 1.59. The monoisotopic (exact) mass is 300 g/mol. The highest BCUT2D eigenvalue weighted by molar-refractivity contribution is 7.89. The van der Waals surface area contributed by atoms with E-state index < -0.39 is 10.0 Å². The topological polar surface area (TPSA) is 71.3 Å². The highest BCUT2D eigenvalue weighted by Crippen LogP contribution is 2.33. The molecule has 6 heteroatoms. The first kappa shape index (κ1) is 15.5. The van der Waals surface area contributed by atoms with Crippen LogP contribution in [0.25, 0.3) is 0 Å². The van der Waals surface area contributed by atoms with Crippen molar-refractivity contribution in [2.75, 3.05) is 6.54 Å². The van der Waals surface area contributed by atoms with Gasteiger partial charge in [-0.2, -0.15) is 0 Å². The van der Waals surface area contributed by atoms with Crippen molar-refractivity contribution in [2.24, 2.45) is 5.92 Å². The summed E-state index contributed by atoms with van der Waals surface area (Å²) in [5.41, 5.74) is 0. The molecule has 1 atom stereocenters. The minimum atomic E-state index is -3.48. The normalized spacial score (nSPS) is 17.4. The molecule has 1 aromatic heterocycles. The average Bonchev–Trinajstić information content (AvgIpc) is 3.06. The second kappa shape index (κ2) is 6.28. The van der Waals surface area contributed by atoms with Gasteiger partial charge in [0.2, 0.25) is 10.0 Å². The Labute approximate surface area is 121 Å². The summed E-state index contributed by atoms with van der Waals surface area (Å²) >= 11 is 0. The Morgan fingerprint density at radius 2 is 2.15 bits per heavy atom. The molecule has 0 radical (unpaired) electrons. The van der Waals surface area contributed by atoms with Gasteiger partial charge < -0.3 is 9.73 Å². The first-order valence-electron chi connectivity index (χ1n) is 7.24. The molecule has 20 heavy (non-hydrogen) atoms. The molecular formula is C14H24N2O3S. The van der Waals surface area contributed by atoms with Gasteiger partial charge in [-0.1, -0.05) is 19.8 Å². The molecule has 1 saturated carbocycles. The molecule has 1 heterocycles. The van der Waals surface area contributed by atoms with Crippen molar-refractivity contribution in [2.45, 2.75) is 57.5 Å². The fourth-order valence-electron chi connectivity index (χ4n) is 2.36. The Morgan fingerprint density at radius 1 is 1.45 bits per heavy atom. The third-order valence-corrected chi connectivity index (χ3v) is 5.20. The van der Waals surface area contributed by atoms with Gasteiger partial charge in [-0.05, 0) is 32.7 Å². The lowest BCUT2D eigenvalue weighted by molar-refractivity contribution is 0.459. The Hall–Kier alpha value is -0.850. The van der Waals surface area contributed by atoms with E-state index in [0.29, 0.717) is 24.0 Å². The van der Waals surface area contributed by atoms with Crippen LogP contribution in [0.2, 0.25) is 0 Å². The predicted molar refractivity (Wildman–Crippen MR) is 78.0 cm³/mol. The van der Waals surface area contributed by atoms with Gasteiger partial charge in [-0.15, -0.1) is 0 Å². The highest BCUT2D eigenvalue weighted by Gasteiger charge is 2.28. The summed E-state index contributed by atoms with van der Waals surface area (Å²) in [6.07, 6.45) is 3.37. The van der Waals surface area contributed by atoms with E-state index in [0.717, 1.165) is 13.0 Å². The Morgan fingerprint density at radius 3 is 2.75 bits per heavy atom. The zero-order chi connectivity index (χ0) is 14.8. The van der Waals surface area contributed by atoms with Crippen LogP contribution in [0.3, 0.4) is 0 Å². The average molecular weight is 300 g/mol. The molecule has 2 rings (SSSR count). The van der Waals surface area contributed by atoms with Crippen molar-refractivity contribution >= 4 is 10.0 Å². The molecule has 1 aliphatic carbocycles. The van der Waals surface area contributed by atoms with Gasteiger partial charge in [0.1, 0.15) is 16.4 Å². The van der Waals surface area contributed by atoms with Gasteiger partial charge in [0.05, 0.1) is 6.54 Å². The molecule has 5 nitrogen and oxygen atoms in total. The van der Waals surface area contributed by atoms with Crippen molar-refractivity contribution in [3.8, 4) is 0 Å². The maximum absolute atomic E-state index is 12.4. The second-order valence-corrected chi connectivity index (χ2v) is 7.30. The largest absolute Gasteiger partial charge is 0.464 e. The van der Waals surface area contributed by atoms with Crippen molar-refractivity contribution in [1.29, 1.82) is 0 Å². The van der Waals surface area contributed by atoms with E-state index in [4.69, 9.17) is 4.42 Å². The number of aryl methyl sites for hydroxylation is 1. The molecule has 1 fully saturated rings. The maximum Gasteiger partial charge on any atom is 0.244 e. The first-order valence-corrected chi connectivity index (χ1v) is 8.73. The standard InChI is InChI=1S/C14H24N2O3S/c1-4-15-9-13-8-14(11(3)19-13)20(17,18)16-10(2)7-12-5-6-12/h8,10,12,15-16H,4-7,9H2,1-3H3. The van der Waals surface area contributed by atoms with Gasteiger partial charge in [-0.25, -0.2) is 13.1 Å². The smallest absolute Gasteiger partial charge is 0.244 e. The van der Waals surface area contributed by atoms with Crippen molar-refractivity contribution in [3.05, 3.63) is 17.6 Å². The lowest BCUT2D eigenvalue weighted by atomic mass is 10.2. The number of furan rings is 1. The van der Waals surface area contributed by atoms with Crippen LogP contribution in [0.1, 0.15) is 44.6 Å². The molecule has 0 saturated heterocycles. The van der Waals surface area contributed by atoms with E-state index in [-0.39, 0.29) is 10.9 Å². The first-order chi connectivity index (χ1) is 9.42. The van der Waals surface area contributed by atoms with Crippen LogP contribution >= 0.6 is 0 Å². The number of sulfonamides is 1. The minimum absolute atomic E-state index is 0.0287. The molecular weight excluding hydrogens is 276 g/mol. The summed E-state index contributed by atoms with van der Waals surface area (Å²) in [4.78, 5) is 0.257. The zero-order valence-corrected chi connectivity index (χ0v) is 13.2. The lowest BCUT2D eigenvalue weighted by Gasteiger charge is -2.13. The van der Waals surface area contributed by atoms with E-state index >= 15 is 0 Å². The summed E-state index contributed by atoms with van der Waals surface area (Å²) < 4.78 is 33.0. The van der Waals surface area contributed by atoms with Crippen LogP contribution in [0, 0.1) is 12.8 Å². The van der Waals surface area contributed by atoms with Crippen LogP contribution in [0.15, 0.2) is 15.4 Å². The SMILES string of the molecule is CCNCc1cc(S(=O)(=O)NC(C)CC2CC2)c(C)o1. The van der Waals surface area contributed by atoms with E-state index in [1.54, 1.807) is 13.0 Å². The second-order valence-electron chi connectivity index (χ2n) is 5.61. The van der Waals surface area contributed by atoms with Crippen LogP contribution in [-0.2, 0) is 16.6 Å². The summed E-state index contributed by atoms with van der Waals surface area (Å²) in [6.45, 7) is 6.97. The molecule has 2 N–H and O–H groups in total. The van der Waals surface area contributed by atoms with Crippen molar-refractivity contribution in [1.82, 2.24) is 10.0 Å². The van der Waals surface area contributed by atoms with E-state index in [1.807, 2.05) is 13.8 Å². The predicted octanol–water partition coefficient (Wildman–Crippen LogP) is 2.16.